The van der Waals surface area contributed by atoms with E-state index in [4.69, 9.17) is 0 Å². The Morgan fingerprint density at radius 1 is 1.27 bits per heavy atom. The Kier molecular flexibility index (Phi) is 2.28. The highest BCUT2D eigenvalue weighted by Gasteiger charge is 2.25. The van der Waals surface area contributed by atoms with Crippen LogP contribution in [0.1, 0.15) is 49.4 Å². The summed E-state index contributed by atoms with van der Waals surface area (Å²) in [6.45, 7) is 0. The molecule has 1 aromatic heterocycles. The molecule has 0 bridgehead atoms. The molecule has 0 spiro atoms. The predicted molar refractivity (Wildman–Crippen MR) is 57.8 cm³/mol. The first-order valence-electron chi connectivity index (χ1n) is 6.08. The van der Waals surface area contributed by atoms with Crippen molar-refractivity contribution >= 4 is 0 Å². The van der Waals surface area contributed by atoms with Crippen LogP contribution in [0.4, 0.5) is 0 Å². The molecule has 1 unspecified atom stereocenters. The average molecular weight is 206 g/mol. The number of aromatic nitrogens is 2. The maximum atomic E-state index is 9.70. The summed E-state index contributed by atoms with van der Waals surface area (Å²) in [4.78, 5) is 0. The van der Waals surface area contributed by atoms with Gasteiger partial charge in [0.15, 0.2) is 0 Å². The second-order valence-electron chi connectivity index (χ2n) is 4.90. The summed E-state index contributed by atoms with van der Waals surface area (Å²) in [5.41, 5.74) is 2.67. The summed E-state index contributed by atoms with van der Waals surface area (Å²) in [5.74, 6) is 0. The molecule has 82 valence electrons. The van der Waals surface area contributed by atoms with Gasteiger partial charge < -0.3 is 5.11 Å². The van der Waals surface area contributed by atoms with E-state index in [9.17, 15) is 5.11 Å². The van der Waals surface area contributed by atoms with Crippen molar-refractivity contribution in [2.45, 2.75) is 57.1 Å². The third-order valence-corrected chi connectivity index (χ3v) is 3.83. The van der Waals surface area contributed by atoms with Crippen molar-refractivity contribution in [1.82, 2.24) is 9.78 Å². The number of aliphatic hydroxyl groups is 1. The molecule has 15 heavy (non-hydrogen) atoms. The maximum Gasteiger partial charge on any atom is 0.0598 e. The summed E-state index contributed by atoms with van der Waals surface area (Å²) in [6.07, 6.45) is 9.80. The first-order valence-corrected chi connectivity index (χ1v) is 6.08. The summed E-state index contributed by atoms with van der Waals surface area (Å²) in [7, 11) is 0. The third kappa shape index (κ3) is 1.59. The quantitative estimate of drug-likeness (QED) is 0.761. The fraction of sp³-hybridized carbons (Fsp3) is 0.750. The van der Waals surface area contributed by atoms with E-state index in [-0.39, 0.29) is 6.10 Å². The molecule has 2 aliphatic rings. The van der Waals surface area contributed by atoms with Crippen LogP contribution in [-0.2, 0) is 12.8 Å². The van der Waals surface area contributed by atoms with Crippen molar-refractivity contribution < 1.29 is 5.11 Å². The molecule has 3 rings (SSSR count). The molecule has 0 saturated heterocycles. The lowest BCUT2D eigenvalue weighted by molar-refractivity contribution is 0.154. The van der Waals surface area contributed by atoms with Gasteiger partial charge in [-0.25, -0.2) is 0 Å². The minimum atomic E-state index is -0.144. The van der Waals surface area contributed by atoms with Gasteiger partial charge in [0.2, 0.25) is 0 Å². The van der Waals surface area contributed by atoms with Crippen LogP contribution in [0.15, 0.2) is 6.20 Å². The molecular formula is C12H18N2O. The minimum Gasteiger partial charge on any atom is -0.393 e. The molecule has 1 saturated carbocycles. The summed E-state index contributed by atoms with van der Waals surface area (Å²) < 4.78 is 2.20. The first kappa shape index (κ1) is 9.40. The lowest BCUT2D eigenvalue weighted by Crippen LogP contribution is -2.22. The molecule has 1 fully saturated rings. The largest absolute Gasteiger partial charge is 0.393 e. The summed E-state index contributed by atoms with van der Waals surface area (Å²) >= 11 is 0. The van der Waals surface area contributed by atoms with Gasteiger partial charge in [-0.3, -0.25) is 4.68 Å². The first-order chi connectivity index (χ1) is 7.34. The number of fused-ring (bicyclic) bond motifs is 1. The van der Waals surface area contributed by atoms with Gasteiger partial charge in [0.25, 0.3) is 0 Å². The zero-order valence-corrected chi connectivity index (χ0v) is 9.02. The lowest BCUT2D eigenvalue weighted by atomic mass is 9.95. The van der Waals surface area contributed by atoms with Crippen LogP contribution in [0, 0.1) is 0 Å². The highest BCUT2D eigenvalue weighted by molar-refractivity contribution is 5.22. The molecular weight excluding hydrogens is 188 g/mol. The summed E-state index contributed by atoms with van der Waals surface area (Å²) in [6, 6.07) is 0.610. The second-order valence-corrected chi connectivity index (χ2v) is 4.90. The SMILES string of the molecule is OC1CCc2cnn(C3CCCC3)c2C1. The van der Waals surface area contributed by atoms with Crippen molar-refractivity contribution in [2.75, 3.05) is 0 Å². The fourth-order valence-electron chi connectivity index (χ4n) is 2.97. The summed E-state index contributed by atoms with van der Waals surface area (Å²) in [5, 5.41) is 14.2. The van der Waals surface area contributed by atoms with Crippen LogP contribution in [-0.4, -0.2) is 21.0 Å². The van der Waals surface area contributed by atoms with Crippen LogP contribution < -0.4 is 0 Å². The van der Waals surface area contributed by atoms with Gasteiger partial charge in [-0.05, 0) is 31.2 Å². The van der Waals surface area contributed by atoms with Crippen LogP contribution in [0.2, 0.25) is 0 Å². The molecule has 2 aliphatic carbocycles. The van der Waals surface area contributed by atoms with E-state index in [0.29, 0.717) is 6.04 Å². The Morgan fingerprint density at radius 3 is 2.87 bits per heavy atom. The van der Waals surface area contributed by atoms with E-state index >= 15 is 0 Å². The van der Waals surface area contributed by atoms with Crippen LogP contribution in [0.5, 0.6) is 0 Å². The van der Waals surface area contributed by atoms with Gasteiger partial charge in [0.05, 0.1) is 18.3 Å². The number of nitrogens with zero attached hydrogens (tertiary/aromatic N) is 2. The smallest absolute Gasteiger partial charge is 0.0598 e. The van der Waals surface area contributed by atoms with Crippen LogP contribution in [0.25, 0.3) is 0 Å². The average Bonchev–Trinajstić information content (AvgIpc) is 2.83. The van der Waals surface area contributed by atoms with Crippen LogP contribution in [0.3, 0.4) is 0 Å². The van der Waals surface area contributed by atoms with Gasteiger partial charge in [0, 0.05) is 12.1 Å². The van der Waals surface area contributed by atoms with Crippen molar-refractivity contribution in [3.05, 3.63) is 17.5 Å². The van der Waals surface area contributed by atoms with E-state index in [1.54, 1.807) is 0 Å². The molecule has 0 radical (unpaired) electrons. The van der Waals surface area contributed by atoms with Gasteiger partial charge in [-0.1, -0.05) is 12.8 Å². The molecule has 1 aromatic rings. The lowest BCUT2D eigenvalue weighted by Gasteiger charge is -2.21. The van der Waals surface area contributed by atoms with Crippen molar-refractivity contribution in [3.63, 3.8) is 0 Å². The molecule has 0 aromatic carbocycles. The maximum absolute atomic E-state index is 9.70. The highest BCUT2D eigenvalue weighted by Crippen LogP contribution is 2.32. The number of hydrogen-bond acceptors (Lipinski definition) is 2. The Morgan fingerprint density at radius 2 is 2.07 bits per heavy atom. The van der Waals surface area contributed by atoms with Crippen molar-refractivity contribution in [2.24, 2.45) is 0 Å². The molecule has 1 heterocycles. The zero-order valence-electron chi connectivity index (χ0n) is 9.02. The van der Waals surface area contributed by atoms with Gasteiger partial charge in [-0.2, -0.15) is 5.10 Å². The fourth-order valence-corrected chi connectivity index (χ4v) is 2.97. The molecule has 1 atom stereocenters. The molecule has 0 aliphatic heterocycles. The number of aryl methyl sites for hydroxylation is 1. The monoisotopic (exact) mass is 206 g/mol. The number of hydrogen-bond donors (Lipinski definition) is 1. The van der Waals surface area contributed by atoms with Gasteiger partial charge in [-0.15, -0.1) is 0 Å². The standard InChI is InChI=1S/C12H18N2O/c15-11-6-5-9-8-13-14(12(9)7-11)10-3-1-2-4-10/h8,10-11,15H,1-7H2. The van der Waals surface area contributed by atoms with Crippen molar-refractivity contribution in [1.29, 1.82) is 0 Å². The Balaban J connectivity index is 1.92. The Labute approximate surface area is 90.1 Å². The molecule has 3 heteroatoms. The van der Waals surface area contributed by atoms with E-state index in [1.165, 1.54) is 36.9 Å². The Bertz CT molecular complexity index is 353. The molecule has 3 nitrogen and oxygen atoms in total. The van der Waals surface area contributed by atoms with E-state index < -0.39 is 0 Å². The molecule has 0 amide bonds. The number of rotatable bonds is 1. The van der Waals surface area contributed by atoms with Crippen LogP contribution >= 0.6 is 0 Å². The third-order valence-electron chi connectivity index (χ3n) is 3.83. The van der Waals surface area contributed by atoms with E-state index in [0.717, 1.165) is 19.3 Å². The highest BCUT2D eigenvalue weighted by atomic mass is 16.3. The topological polar surface area (TPSA) is 38.1 Å². The van der Waals surface area contributed by atoms with E-state index in [1.807, 2.05) is 6.20 Å². The normalized spacial score (nSPS) is 26.9. The van der Waals surface area contributed by atoms with Gasteiger partial charge in [0.1, 0.15) is 0 Å². The van der Waals surface area contributed by atoms with Crippen molar-refractivity contribution in [3.8, 4) is 0 Å². The second kappa shape index (κ2) is 3.63. The molecule has 1 N–H and O–H groups in total. The predicted octanol–water partition coefficient (Wildman–Crippen LogP) is 1.85. The van der Waals surface area contributed by atoms with E-state index in [2.05, 4.69) is 9.78 Å². The minimum absolute atomic E-state index is 0.144. The zero-order chi connectivity index (χ0) is 10.3. The number of aliphatic hydroxyl groups excluding tert-OH is 1. The van der Waals surface area contributed by atoms with Gasteiger partial charge >= 0.3 is 0 Å². The Hall–Kier alpha value is -0.830.